The summed E-state index contributed by atoms with van der Waals surface area (Å²) < 4.78 is 38.8. The van der Waals surface area contributed by atoms with E-state index in [1.54, 1.807) is 19.1 Å². The van der Waals surface area contributed by atoms with Crippen LogP contribution in [0.5, 0.6) is 0 Å². The molecule has 1 aromatic carbocycles. The molecule has 4 amide bonds. The molecule has 2 atom stereocenters. The minimum atomic E-state index is -4.35. The molecule has 0 radical (unpaired) electrons. The van der Waals surface area contributed by atoms with Crippen molar-refractivity contribution in [1.82, 2.24) is 9.88 Å². The maximum Gasteiger partial charge on any atom is 0.580 e. The number of rotatable bonds is 5. The maximum absolute atomic E-state index is 12.9. The molecule has 31 heavy (non-hydrogen) atoms. The zero-order valence-corrected chi connectivity index (χ0v) is 17.8. The molecular formula is C20H20F3N4O3S+. The molecule has 7 nitrogen and oxygen atoms in total. The lowest BCUT2D eigenvalue weighted by atomic mass is 10.2. The van der Waals surface area contributed by atoms with Gasteiger partial charge in [0.25, 0.3) is 5.91 Å². The quantitative estimate of drug-likeness (QED) is 0.555. The predicted octanol–water partition coefficient (Wildman–Crippen LogP) is 3.52. The van der Waals surface area contributed by atoms with Crippen LogP contribution in [-0.4, -0.2) is 45.5 Å². The Morgan fingerprint density at radius 3 is 2.42 bits per heavy atom. The highest BCUT2D eigenvalue weighted by atomic mass is 32.2. The Balaban J connectivity index is 1.80. The van der Waals surface area contributed by atoms with E-state index in [-0.39, 0.29) is 23.0 Å². The van der Waals surface area contributed by atoms with Gasteiger partial charge in [-0.1, -0.05) is 0 Å². The number of anilines is 2. The fourth-order valence-electron chi connectivity index (χ4n) is 3.10. The third-order valence-electron chi connectivity index (χ3n) is 4.76. The second kappa shape index (κ2) is 8.58. The van der Waals surface area contributed by atoms with Gasteiger partial charge in [0.2, 0.25) is 5.91 Å². The number of imide groups is 1. The van der Waals surface area contributed by atoms with Crippen LogP contribution in [0.15, 0.2) is 47.5 Å². The Morgan fingerprint density at radius 1 is 1.19 bits per heavy atom. The van der Waals surface area contributed by atoms with Gasteiger partial charge in [0, 0.05) is 19.7 Å². The number of aromatic nitrogens is 1. The van der Waals surface area contributed by atoms with E-state index in [4.69, 9.17) is 0 Å². The number of carbonyl (C=O) groups is 3. The molecule has 1 saturated heterocycles. The molecule has 11 heteroatoms. The standard InChI is InChI=1S/C20H19F3N4O3S/c1-12-18(29)27(15-4-6-16(7-5-15)31(3)20(21,22)23)19(30)26(12)11-14-8-9-24-17(10-14)25-13(2)28/h4-10,12H,11H2,1-3H3/p+1. The van der Waals surface area contributed by atoms with Crippen molar-refractivity contribution in [2.24, 2.45) is 0 Å². The molecule has 1 fully saturated rings. The molecule has 3 rings (SSSR count). The van der Waals surface area contributed by atoms with Crippen LogP contribution in [0.3, 0.4) is 0 Å². The molecule has 1 aliphatic rings. The summed E-state index contributed by atoms with van der Waals surface area (Å²) in [6.45, 7) is 3.03. The number of benzene rings is 1. The molecule has 164 valence electrons. The van der Waals surface area contributed by atoms with Crippen molar-refractivity contribution in [2.45, 2.75) is 36.8 Å². The highest BCUT2D eigenvalue weighted by Crippen LogP contribution is 2.33. The zero-order chi connectivity index (χ0) is 22.9. The molecule has 0 saturated carbocycles. The monoisotopic (exact) mass is 453 g/mol. The largest absolute Gasteiger partial charge is 0.580 e. The fourth-order valence-corrected chi connectivity index (χ4v) is 3.91. The van der Waals surface area contributed by atoms with Gasteiger partial charge in [0.05, 0.1) is 5.69 Å². The molecule has 0 bridgehead atoms. The first-order valence-corrected chi connectivity index (χ1v) is 10.8. The Hall–Kier alpha value is -3.08. The Kier molecular flexibility index (Phi) is 6.25. The summed E-state index contributed by atoms with van der Waals surface area (Å²) in [6, 6.07) is 7.17. The van der Waals surface area contributed by atoms with Crippen molar-refractivity contribution in [3.63, 3.8) is 0 Å². The number of alkyl halides is 3. The fraction of sp³-hybridized carbons (Fsp3) is 0.300. The van der Waals surface area contributed by atoms with Crippen LogP contribution < -0.4 is 10.2 Å². The van der Waals surface area contributed by atoms with Crippen LogP contribution in [0.25, 0.3) is 0 Å². The van der Waals surface area contributed by atoms with Gasteiger partial charge in [0.1, 0.15) is 29.0 Å². The van der Waals surface area contributed by atoms with Gasteiger partial charge in [-0.15, -0.1) is 13.2 Å². The summed E-state index contributed by atoms with van der Waals surface area (Å²) in [5.41, 5.74) is -3.49. The predicted molar refractivity (Wildman–Crippen MR) is 110 cm³/mol. The van der Waals surface area contributed by atoms with Crippen molar-refractivity contribution >= 4 is 40.2 Å². The summed E-state index contributed by atoms with van der Waals surface area (Å²) >= 11 is 0. The van der Waals surface area contributed by atoms with E-state index in [1.165, 1.54) is 42.3 Å². The van der Waals surface area contributed by atoms with Crippen molar-refractivity contribution in [2.75, 3.05) is 16.5 Å². The van der Waals surface area contributed by atoms with E-state index in [0.29, 0.717) is 11.4 Å². The molecule has 1 aliphatic heterocycles. The first-order chi connectivity index (χ1) is 14.5. The van der Waals surface area contributed by atoms with Gasteiger partial charge in [-0.05, 0) is 48.9 Å². The third-order valence-corrected chi connectivity index (χ3v) is 6.43. The van der Waals surface area contributed by atoms with Crippen LogP contribution in [0.1, 0.15) is 19.4 Å². The third kappa shape index (κ3) is 4.82. The Bertz CT molecular complexity index is 1010. The van der Waals surface area contributed by atoms with E-state index in [0.717, 1.165) is 11.2 Å². The van der Waals surface area contributed by atoms with Crippen LogP contribution in [0, 0.1) is 0 Å². The van der Waals surface area contributed by atoms with E-state index < -0.39 is 34.4 Å². The Labute approximate surface area is 179 Å². The summed E-state index contributed by atoms with van der Waals surface area (Å²) in [5.74, 6) is -0.441. The van der Waals surface area contributed by atoms with Gasteiger partial charge < -0.3 is 10.2 Å². The number of halogens is 3. The topological polar surface area (TPSA) is 82.6 Å². The van der Waals surface area contributed by atoms with Crippen molar-refractivity contribution in [1.29, 1.82) is 0 Å². The molecule has 2 aromatic rings. The van der Waals surface area contributed by atoms with Gasteiger partial charge in [0.15, 0.2) is 4.90 Å². The van der Waals surface area contributed by atoms with Crippen molar-refractivity contribution in [3.8, 4) is 0 Å². The number of nitrogens with zero attached hydrogens (tertiary/aromatic N) is 3. The van der Waals surface area contributed by atoms with Crippen LogP contribution in [0.4, 0.5) is 29.5 Å². The van der Waals surface area contributed by atoms with E-state index in [9.17, 15) is 27.6 Å². The minimum absolute atomic E-state index is 0.0718. The average Bonchev–Trinajstić information content (AvgIpc) is 2.90. The molecule has 1 aromatic heterocycles. The van der Waals surface area contributed by atoms with Crippen LogP contribution in [-0.2, 0) is 27.0 Å². The second-order valence-corrected chi connectivity index (χ2v) is 8.90. The first kappa shape index (κ1) is 22.6. The lowest BCUT2D eigenvalue weighted by molar-refractivity contribution is -0.119. The van der Waals surface area contributed by atoms with E-state index >= 15 is 0 Å². The van der Waals surface area contributed by atoms with Crippen molar-refractivity contribution < 1.29 is 27.6 Å². The SMILES string of the molecule is CC(=O)Nc1cc(CN2C(=O)N(c3ccc([S+](C)C(F)(F)F)cc3)C(=O)C2C)ccn1. The molecular weight excluding hydrogens is 433 g/mol. The molecule has 0 aliphatic carbocycles. The number of pyridine rings is 1. The van der Waals surface area contributed by atoms with E-state index in [1.807, 2.05) is 0 Å². The molecule has 2 unspecified atom stereocenters. The summed E-state index contributed by atoms with van der Waals surface area (Å²) in [6.07, 6.45) is 2.56. The lowest BCUT2D eigenvalue weighted by Gasteiger charge is -2.19. The smallest absolute Gasteiger partial charge is 0.311 e. The van der Waals surface area contributed by atoms with Crippen LogP contribution >= 0.6 is 0 Å². The number of amides is 4. The lowest BCUT2D eigenvalue weighted by Crippen LogP contribution is -2.33. The second-order valence-electron chi connectivity index (χ2n) is 6.94. The zero-order valence-electron chi connectivity index (χ0n) is 16.9. The van der Waals surface area contributed by atoms with Gasteiger partial charge in [-0.3, -0.25) is 9.59 Å². The summed E-state index contributed by atoms with van der Waals surface area (Å²) in [4.78, 5) is 43.3. The molecule has 1 N–H and O–H groups in total. The Morgan fingerprint density at radius 2 is 1.84 bits per heavy atom. The van der Waals surface area contributed by atoms with Gasteiger partial charge in [-0.25, -0.2) is 14.7 Å². The first-order valence-electron chi connectivity index (χ1n) is 9.19. The molecule has 2 heterocycles. The number of nitrogens with one attached hydrogen (secondary N) is 1. The van der Waals surface area contributed by atoms with Crippen molar-refractivity contribution in [3.05, 3.63) is 48.2 Å². The summed E-state index contributed by atoms with van der Waals surface area (Å²) in [7, 11) is -1.96. The maximum atomic E-state index is 12.9. The van der Waals surface area contributed by atoms with Gasteiger partial charge in [-0.2, -0.15) is 0 Å². The van der Waals surface area contributed by atoms with Gasteiger partial charge >= 0.3 is 11.5 Å². The minimum Gasteiger partial charge on any atom is -0.311 e. The summed E-state index contributed by atoms with van der Waals surface area (Å²) in [5, 5.41) is 2.55. The number of carbonyl (C=O) groups excluding carboxylic acids is 3. The normalized spacial score (nSPS) is 17.8. The highest BCUT2D eigenvalue weighted by Gasteiger charge is 2.49. The number of hydrogen-bond donors (Lipinski definition) is 1. The number of urea groups is 1. The number of hydrogen-bond acceptors (Lipinski definition) is 4. The van der Waals surface area contributed by atoms with E-state index in [2.05, 4.69) is 10.3 Å². The average molecular weight is 453 g/mol. The van der Waals surface area contributed by atoms with Crippen LogP contribution in [0.2, 0.25) is 0 Å². The highest BCUT2D eigenvalue weighted by molar-refractivity contribution is 7.97. The molecule has 0 spiro atoms.